The molecule has 2 aliphatic rings. The number of aromatic amines is 1. The molecular formula is C27H38N6O3. The van der Waals surface area contributed by atoms with E-state index >= 15 is 0 Å². The Morgan fingerprint density at radius 1 is 1.17 bits per heavy atom. The van der Waals surface area contributed by atoms with Crippen molar-refractivity contribution in [1.82, 2.24) is 30.1 Å². The third-order valence-corrected chi connectivity index (χ3v) is 7.69. The lowest BCUT2D eigenvalue weighted by atomic mass is 9.94. The van der Waals surface area contributed by atoms with Gasteiger partial charge in [-0.2, -0.15) is 0 Å². The zero-order valence-corrected chi connectivity index (χ0v) is 21.7. The van der Waals surface area contributed by atoms with Crippen LogP contribution in [0.15, 0.2) is 29.1 Å². The van der Waals surface area contributed by atoms with Crippen LogP contribution in [0.4, 0.5) is 0 Å². The van der Waals surface area contributed by atoms with E-state index in [2.05, 4.69) is 43.9 Å². The number of benzene rings is 1. The van der Waals surface area contributed by atoms with E-state index in [4.69, 9.17) is 9.47 Å². The van der Waals surface area contributed by atoms with Crippen LogP contribution in [-0.2, 0) is 11.3 Å². The van der Waals surface area contributed by atoms with Gasteiger partial charge in [-0.25, -0.2) is 4.68 Å². The highest BCUT2D eigenvalue weighted by Crippen LogP contribution is 2.34. The van der Waals surface area contributed by atoms with Crippen LogP contribution in [0.25, 0.3) is 10.9 Å². The molecule has 2 atom stereocenters. The molecule has 2 aromatic heterocycles. The van der Waals surface area contributed by atoms with Crippen molar-refractivity contribution in [3.05, 3.63) is 46.0 Å². The highest BCUT2D eigenvalue weighted by Gasteiger charge is 2.34. The summed E-state index contributed by atoms with van der Waals surface area (Å²) in [6.45, 7) is 6.44. The van der Waals surface area contributed by atoms with Gasteiger partial charge in [0.05, 0.1) is 25.3 Å². The summed E-state index contributed by atoms with van der Waals surface area (Å²) in [6.07, 6.45) is 8.17. The zero-order valence-electron chi connectivity index (χ0n) is 21.7. The monoisotopic (exact) mass is 494 g/mol. The highest BCUT2D eigenvalue weighted by molar-refractivity contribution is 5.80. The molecule has 0 unspecified atom stereocenters. The first-order valence-corrected chi connectivity index (χ1v) is 13.4. The summed E-state index contributed by atoms with van der Waals surface area (Å²) in [5, 5.41) is 14.1. The van der Waals surface area contributed by atoms with E-state index in [0.717, 1.165) is 66.9 Å². The normalized spacial score (nSPS) is 20.0. The van der Waals surface area contributed by atoms with E-state index in [1.807, 2.05) is 24.3 Å². The number of hydrogen-bond donors (Lipinski definition) is 1. The number of pyridine rings is 1. The number of nitrogens with zero attached hydrogens (tertiary/aromatic N) is 5. The average Bonchev–Trinajstić information content (AvgIpc) is 3.57. The number of aromatic nitrogens is 5. The summed E-state index contributed by atoms with van der Waals surface area (Å²) in [7, 11) is 1.65. The van der Waals surface area contributed by atoms with E-state index in [1.165, 1.54) is 19.3 Å². The number of hydrogen-bond acceptors (Lipinski definition) is 7. The standard InChI is InChI=1S/C27H38N6O3/c1-18(2)25(26-29-30-31-33(26)21-8-5-4-6-9-21)32(17-23-10-7-13-36-23)16-20-14-19-15-22(35-3)11-12-24(19)28-27(20)34/h11-12,14-15,18,21,23,25H,4-10,13,16-17H2,1-3H3,(H,28,34)/t23-,25+/m0/s1. The second-order valence-corrected chi connectivity index (χ2v) is 10.6. The first kappa shape index (κ1) is 24.9. The molecule has 194 valence electrons. The van der Waals surface area contributed by atoms with Gasteiger partial charge in [0.1, 0.15) is 5.75 Å². The molecule has 0 amide bonds. The molecule has 1 N–H and O–H groups in total. The lowest BCUT2D eigenvalue weighted by molar-refractivity contribution is 0.0375. The molecule has 3 aromatic rings. The van der Waals surface area contributed by atoms with E-state index in [1.54, 1.807) is 7.11 Å². The maximum absolute atomic E-state index is 13.2. The van der Waals surface area contributed by atoms with Crippen molar-refractivity contribution in [2.75, 3.05) is 20.3 Å². The molecule has 1 aliphatic carbocycles. The van der Waals surface area contributed by atoms with Crippen LogP contribution in [0, 0.1) is 5.92 Å². The molecule has 5 rings (SSSR count). The van der Waals surface area contributed by atoms with Gasteiger partial charge in [0, 0.05) is 36.2 Å². The molecule has 2 fully saturated rings. The van der Waals surface area contributed by atoms with Gasteiger partial charge >= 0.3 is 0 Å². The van der Waals surface area contributed by atoms with E-state index in [0.29, 0.717) is 12.6 Å². The summed E-state index contributed by atoms with van der Waals surface area (Å²) in [4.78, 5) is 18.6. The fourth-order valence-corrected chi connectivity index (χ4v) is 5.88. The van der Waals surface area contributed by atoms with Gasteiger partial charge in [-0.3, -0.25) is 9.69 Å². The maximum Gasteiger partial charge on any atom is 0.252 e. The first-order chi connectivity index (χ1) is 17.5. The minimum absolute atomic E-state index is 0.0356. The smallest absolute Gasteiger partial charge is 0.252 e. The number of nitrogens with one attached hydrogen (secondary N) is 1. The number of methoxy groups -OCH3 is 1. The molecule has 1 saturated carbocycles. The second kappa shape index (κ2) is 11.1. The van der Waals surface area contributed by atoms with Gasteiger partial charge in [-0.15, -0.1) is 5.10 Å². The minimum Gasteiger partial charge on any atom is -0.497 e. The molecular weight excluding hydrogens is 456 g/mol. The summed E-state index contributed by atoms with van der Waals surface area (Å²) >= 11 is 0. The number of rotatable bonds is 9. The second-order valence-electron chi connectivity index (χ2n) is 10.6. The Hall–Kier alpha value is -2.78. The van der Waals surface area contributed by atoms with E-state index < -0.39 is 0 Å². The Morgan fingerprint density at radius 2 is 2.00 bits per heavy atom. The predicted molar refractivity (Wildman–Crippen MR) is 138 cm³/mol. The minimum atomic E-state index is -0.0700. The molecule has 36 heavy (non-hydrogen) atoms. The Kier molecular flexibility index (Phi) is 7.67. The van der Waals surface area contributed by atoms with Gasteiger partial charge in [0.2, 0.25) is 0 Å². The highest BCUT2D eigenvalue weighted by atomic mass is 16.5. The topological polar surface area (TPSA) is 98.2 Å². The molecule has 1 saturated heterocycles. The number of tetrazole rings is 1. The number of ether oxygens (including phenoxy) is 2. The van der Waals surface area contributed by atoms with Crippen molar-refractivity contribution in [2.45, 2.75) is 83.5 Å². The van der Waals surface area contributed by atoms with Crippen molar-refractivity contribution in [1.29, 1.82) is 0 Å². The van der Waals surface area contributed by atoms with Crippen molar-refractivity contribution < 1.29 is 9.47 Å². The molecule has 9 heteroatoms. The predicted octanol–water partition coefficient (Wildman–Crippen LogP) is 4.41. The van der Waals surface area contributed by atoms with Crippen molar-refractivity contribution in [2.24, 2.45) is 5.92 Å². The van der Waals surface area contributed by atoms with Crippen LogP contribution < -0.4 is 10.3 Å². The third-order valence-electron chi connectivity index (χ3n) is 7.69. The Labute approximate surface area is 212 Å². The molecule has 9 nitrogen and oxygen atoms in total. The van der Waals surface area contributed by atoms with Crippen molar-refractivity contribution in [3.63, 3.8) is 0 Å². The van der Waals surface area contributed by atoms with Gasteiger partial charge < -0.3 is 14.5 Å². The summed E-state index contributed by atoms with van der Waals surface area (Å²) in [5.74, 6) is 1.91. The maximum atomic E-state index is 13.2. The van der Waals surface area contributed by atoms with Gasteiger partial charge in [-0.05, 0) is 66.3 Å². The Morgan fingerprint density at radius 3 is 2.72 bits per heavy atom. The molecule has 1 aliphatic heterocycles. The fourth-order valence-electron chi connectivity index (χ4n) is 5.88. The fraction of sp³-hybridized carbons (Fsp3) is 0.630. The largest absolute Gasteiger partial charge is 0.497 e. The van der Waals surface area contributed by atoms with Crippen molar-refractivity contribution >= 4 is 10.9 Å². The molecule has 0 radical (unpaired) electrons. The lowest BCUT2D eigenvalue weighted by Gasteiger charge is -2.36. The summed E-state index contributed by atoms with van der Waals surface area (Å²) < 4.78 is 13.5. The van der Waals surface area contributed by atoms with Crippen LogP contribution >= 0.6 is 0 Å². The molecule has 0 bridgehead atoms. The number of fused-ring (bicyclic) bond motifs is 1. The SMILES string of the molecule is COc1ccc2[nH]c(=O)c(CN(C[C@@H]3CCCO3)[C@@H](c3nnnn3C3CCCCC3)C(C)C)cc2c1. The van der Waals surface area contributed by atoms with Crippen LogP contribution in [-0.4, -0.2) is 56.5 Å². The molecule has 0 spiro atoms. The summed E-state index contributed by atoms with van der Waals surface area (Å²) in [6, 6.07) is 8.00. The van der Waals surface area contributed by atoms with Crippen LogP contribution in [0.5, 0.6) is 5.75 Å². The van der Waals surface area contributed by atoms with Gasteiger partial charge in [0.15, 0.2) is 5.82 Å². The first-order valence-electron chi connectivity index (χ1n) is 13.4. The van der Waals surface area contributed by atoms with Gasteiger partial charge in [-0.1, -0.05) is 33.1 Å². The van der Waals surface area contributed by atoms with Crippen LogP contribution in [0.2, 0.25) is 0 Å². The van der Waals surface area contributed by atoms with E-state index in [9.17, 15) is 4.79 Å². The zero-order chi connectivity index (χ0) is 25.1. The van der Waals surface area contributed by atoms with E-state index in [-0.39, 0.29) is 23.6 Å². The Bertz CT molecular complexity index is 1210. The van der Waals surface area contributed by atoms with Crippen molar-refractivity contribution in [3.8, 4) is 5.75 Å². The van der Waals surface area contributed by atoms with Crippen LogP contribution in [0.1, 0.15) is 82.3 Å². The molecule has 1 aromatic carbocycles. The number of H-pyrrole nitrogens is 1. The quantitative estimate of drug-likeness (QED) is 0.471. The third kappa shape index (κ3) is 5.32. The summed E-state index contributed by atoms with van der Waals surface area (Å²) in [5.41, 5.74) is 1.45. The average molecular weight is 495 g/mol. The Balaban J connectivity index is 1.51. The lowest BCUT2D eigenvalue weighted by Crippen LogP contribution is -2.40. The van der Waals surface area contributed by atoms with Gasteiger partial charge in [0.25, 0.3) is 5.56 Å². The van der Waals surface area contributed by atoms with Crippen LogP contribution in [0.3, 0.4) is 0 Å². The molecule has 3 heterocycles.